The Hall–Kier alpha value is -3.02. The van der Waals surface area contributed by atoms with Gasteiger partial charge in [0, 0.05) is 40.1 Å². The van der Waals surface area contributed by atoms with Crippen LogP contribution in [0.1, 0.15) is 44.7 Å². The topological polar surface area (TPSA) is 88.5 Å². The molecule has 1 atom stereocenters. The standard InChI is InChI=1S/C27H32FN3O5S2/c1-19-23(35-21-12-14-30(15-13-21)16-20-8-6-5-7-9-20)11-10-22(25(19)28)31(26(32)36-27(2,3)4)24-17-37(18-29-24)38(33)34/h5-11,17-18,21H,12-16H2,1-4H3. The summed E-state index contributed by atoms with van der Waals surface area (Å²) in [5, 5.41) is 1.30. The molecule has 0 bridgehead atoms. The van der Waals surface area contributed by atoms with E-state index in [9.17, 15) is 13.2 Å². The number of anilines is 1. The smallest absolute Gasteiger partial charge is 0.420 e. The quantitative estimate of drug-likeness (QED) is 0.484. The predicted octanol–water partition coefficient (Wildman–Crippen LogP) is 5.17. The van der Waals surface area contributed by atoms with Crippen molar-refractivity contribution < 1.29 is 27.1 Å². The molecule has 1 saturated heterocycles. The van der Waals surface area contributed by atoms with E-state index in [0.29, 0.717) is 5.75 Å². The van der Waals surface area contributed by atoms with E-state index in [1.54, 1.807) is 33.8 Å². The van der Waals surface area contributed by atoms with Crippen molar-refractivity contribution in [2.45, 2.75) is 58.8 Å². The van der Waals surface area contributed by atoms with Crippen LogP contribution in [-0.2, 0) is 30.0 Å². The molecule has 204 valence electrons. The average molecular weight is 562 g/mol. The Morgan fingerprint density at radius 2 is 1.84 bits per heavy atom. The summed E-state index contributed by atoms with van der Waals surface area (Å²) in [7, 11) is -3.76. The Bertz CT molecular complexity index is 1390. The highest BCUT2D eigenvalue weighted by molar-refractivity contribution is 8.42. The van der Waals surface area contributed by atoms with Gasteiger partial charge < -0.3 is 9.47 Å². The first kappa shape index (κ1) is 28.0. The summed E-state index contributed by atoms with van der Waals surface area (Å²) in [5.74, 6) is -0.272. The lowest BCUT2D eigenvalue weighted by Gasteiger charge is -2.32. The zero-order valence-electron chi connectivity index (χ0n) is 21.9. The molecule has 2 aliphatic heterocycles. The van der Waals surface area contributed by atoms with Crippen molar-refractivity contribution in [2.24, 2.45) is 4.99 Å². The van der Waals surface area contributed by atoms with E-state index in [1.807, 2.05) is 18.2 Å². The van der Waals surface area contributed by atoms with Crippen LogP contribution in [-0.4, -0.2) is 49.8 Å². The minimum atomic E-state index is -2.44. The Labute approximate surface area is 225 Å². The normalized spacial score (nSPS) is 18.2. The highest BCUT2D eigenvalue weighted by Gasteiger charge is 2.31. The molecule has 2 aromatic carbocycles. The second kappa shape index (κ2) is 11.8. The number of carbonyl (C=O) groups excluding carboxylic acids is 1. The van der Waals surface area contributed by atoms with Gasteiger partial charge in [-0.05, 0) is 58.2 Å². The Kier molecular flexibility index (Phi) is 8.69. The van der Waals surface area contributed by atoms with Crippen LogP contribution < -0.4 is 9.64 Å². The molecular weight excluding hydrogens is 529 g/mol. The van der Waals surface area contributed by atoms with Crippen molar-refractivity contribution in [3.8, 4) is 5.75 Å². The summed E-state index contributed by atoms with van der Waals surface area (Å²) < 4.78 is 50.2. The molecule has 0 N–H and O–H groups in total. The number of halogens is 1. The van der Waals surface area contributed by atoms with E-state index in [0.717, 1.165) is 37.4 Å². The van der Waals surface area contributed by atoms with Gasteiger partial charge in [0.1, 0.15) is 17.5 Å². The van der Waals surface area contributed by atoms with Crippen LogP contribution in [0.4, 0.5) is 14.9 Å². The van der Waals surface area contributed by atoms with Crippen LogP contribution >= 0.6 is 0 Å². The van der Waals surface area contributed by atoms with Crippen molar-refractivity contribution in [2.75, 3.05) is 18.0 Å². The third-order valence-corrected chi connectivity index (χ3v) is 8.67. The first-order valence-electron chi connectivity index (χ1n) is 12.3. The molecule has 2 aromatic rings. The Morgan fingerprint density at radius 1 is 1.16 bits per heavy atom. The summed E-state index contributed by atoms with van der Waals surface area (Å²) in [6, 6.07) is 13.4. The second-order valence-electron chi connectivity index (χ2n) is 10.2. The molecule has 11 heteroatoms. The number of likely N-dealkylation sites (tertiary alicyclic amines) is 1. The van der Waals surface area contributed by atoms with Gasteiger partial charge in [-0.1, -0.05) is 30.3 Å². The first-order chi connectivity index (χ1) is 18.0. The van der Waals surface area contributed by atoms with Gasteiger partial charge in [-0.3, -0.25) is 4.90 Å². The third kappa shape index (κ3) is 6.89. The maximum Gasteiger partial charge on any atom is 0.420 e. The second-order valence-corrected chi connectivity index (χ2v) is 13.6. The van der Waals surface area contributed by atoms with Crippen molar-refractivity contribution >= 4 is 36.0 Å². The number of carbonyl (C=O) groups is 1. The summed E-state index contributed by atoms with van der Waals surface area (Å²) in [5.41, 5.74) is 1.78. The number of rotatable bonds is 6. The lowest BCUT2D eigenvalue weighted by atomic mass is 10.1. The van der Waals surface area contributed by atoms with E-state index in [-0.39, 0.29) is 23.2 Å². The van der Waals surface area contributed by atoms with E-state index in [4.69, 9.17) is 9.47 Å². The van der Waals surface area contributed by atoms with Crippen LogP contribution in [0.5, 0.6) is 5.75 Å². The molecular formula is C27H32FN3O5S2. The number of hydrogen-bond donors (Lipinski definition) is 0. The van der Waals surface area contributed by atoms with Gasteiger partial charge in [-0.2, -0.15) is 8.42 Å². The van der Waals surface area contributed by atoms with Gasteiger partial charge in [0.05, 0.1) is 11.2 Å². The summed E-state index contributed by atoms with van der Waals surface area (Å²) in [4.78, 5) is 20.5. The molecule has 4 rings (SSSR count). The maximum absolute atomic E-state index is 15.7. The van der Waals surface area contributed by atoms with Crippen LogP contribution in [0.3, 0.4) is 0 Å². The largest absolute Gasteiger partial charge is 0.490 e. The number of ether oxygens (including phenoxy) is 2. The number of piperidine rings is 1. The number of hydrogen-bond acceptors (Lipinski definition) is 7. The minimum Gasteiger partial charge on any atom is -0.490 e. The van der Waals surface area contributed by atoms with Gasteiger partial charge >= 0.3 is 6.09 Å². The lowest BCUT2D eigenvalue weighted by molar-refractivity contribution is 0.0591. The lowest BCUT2D eigenvalue weighted by Crippen LogP contribution is -2.38. The Morgan fingerprint density at radius 3 is 2.45 bits per heavy atom. The van der Waals surface area contributed by atoms with Crippen molar-refractivity contribution in [1.82, 2.24) is 4.90 Å². The summed E-state index contributed by atoms with van der Waals surface area (Å²) >= 11 is 0. The molecule has 8 nitrogen and oxygen atoms in total. The molecule has 0 aliphatic carbocycles. The van der Waals surface area contributed by atoms with E-state index in [2.05, 4.69) is 22.0 Å². The Balaban J connectivity index is 1.52. The van der Waals surface area contributed by atoms with E-state index < -0.39 is 36.2 Å². The molecule has 0 spiro atoms. The molecule has 2 heterocycles. The number of nitrogens with zero attached hydrogens (tertiary/aromatic N) is 3. The molecule has 2 aliphatic rings. The van der Waals surface area contributed by atoms with Gasteiger partial charge in [-0.25, -0.2) is 19.1 Å². The highest BCUT2D eigenvalue weighted by Crippen LogP contribution is 2.34. The summed E-state index contributed by atoms with van der Waals surface area (Å²) in [6.45, 7) is 9.30. The van der Waals surface area contributed by atoms with Crippen LogP contribution in [0, 0.1) is 12.7 Å². The number of benzene rings is 2. The maximum atomic E-state index is 15.7. The van der Waals surface area contributed by atoms with Crippen LogP contribution in [0.25, 0.3) is 0 Å². The highest BCUT2D eigenvalue weighted by atomic mass is 32.9. The van der Waals surface area contributed by atoms with Gasteiger partial charge in [0.25, 0.3) is 0 Å². The minimum absolute atomic E-state index is 0.00969. The fourth-order valence-electron chi connectivity index (χ4n) is 4.24. The van der Waals surface area contributed by atoms with Crippen LogP contribution in [0.15, 0.2) is 58.7 Å². The summed E-state index contributed by atoms with van der Waals surface area (Å²) in [6.07, 6.45) is 0.719. The first-order valence-corrected chi connectivity index (χ1v) is 15.3. The molecule has 38 heavy (non-hydrogen) atoms. The van der Waals surface area contributed by atoms with Gasteiger partial charge in [0.15, 0.2) is 11.6 Å². The molecule has 1 amide bonds. The molecule has 1 unspecified atom stereocenters. The fourth-order valence-corrected chi connectivity index (χ4v) is 5.87. The van der Waals surface area contributed by atoms with Crippen LogP contribution in [0.2, 0.25) is 0 Å². The zero-order chi connectivity index (χ0) is 27.4. The van der Waals surface area contributed by atoms with Gasteiger partial charge in [0.2, 0.25) is 9.26 Å². The third-order valence-electron chi connectivity index (χ3n) is 6.11. The molecule has 1 fully saturated rings. The predicted molar refractivity (Wildman–Crippen MR) is 148 cm³/mol. The van der Waals surface area contributed by atoms with E-state index >= 15 is 4.39 Å². The van der Waals surface area contributed by atoms with Crippen molar-refractivity contribution in [3.05, 3.63) is 70.6 Å². The number of aliphatic imine (C=N–C) groups is 1. The molecule has 0 aromatic heterocycles. The number of amides is 1. The fraction of sp³-hybridized carbons (Fsp3) is 0.407. The van der Waals surface area contributed by atoms with E-state index in [1.165, 1.54) is 22.6 Å². The molecule has 0 radical (unpaired) electrons. The SMILES string of the molecule is Cc1c(OC2CCN(Cc3ccccc3)CC2)ccc(N(C(=O)OC(C)(C)C)C2=CS(=S(=O)=O)C=N2)c1F. The van der Waals surface area contributed by atoms with Crippen molar-refractivity contribution in [1.29, 1.82) is 0 Å². The van der Waals surface area contributed by atoms with Gasteiger partial charge in [-0.15, -0.1) is 0 Å². The monoisotopic (exact) mass is 561 g/mol. The molecule has 0 saturated carbocycles. The zero-order valence-corrected chi connectivity index (χ0v) is 23.5. The van der Waals surface area contributed by atoms with Crippen molar-refractivity contribution in [3.63, 3.8) is 0 Å². The average Bonchev–Trinajstić information content (AvgIpc) is 3.34.